The molecule has 1 aliphatic heterocycles. The van der Waals surface area contributed by atoms with Gasteiger partial charge in [-0.2, -0.15) is 0 Å². The summed E-state index contributed by atoms with van der Waals surface area (Å²) in [6.07, 6.45) is 0. The third-order valence-electron chi connectivity index (χ3n) is 9.48. The van der Waals surface area contributed by atoms with Gasteiger partial charge in [-0.05, 0) is 106 Å². The average Bonchev–Trinajstić information content (AvgIpc) is 3.14. The van der Waals surface area contributed by atoms with Gasteiger partial charge in [0.05, 0.1) is 58.8 Å². The predicted octanol–water partition coefficient (Wildman–Crippen LogP) is 5.67. The van der Waals surface area contributed by atoms with E-state index in [-0.39, 0.29) is 0 Å². The normalized spacial score (nSPS) is 13.2. The van der Waals surface area contributed by atoms with Gasteiger partial charge in [0.25, 0.3) is 0 Å². The van der Waals surface area contributed by atoms with E-state index >= 15 is 0 Å². The zero-order valence-corrected chi connectivity index (χ0v) is 30.3. The molecule has 12 heteroatoms. The summed E-state index contributed by atoms with van der Waals surface area (Å²) in [5.74, 6) is 4.11. The van der Waals surface area contributed by atoms with Gasteiger partial charge in [0.15, 0.2) is 0 Å². The van der Waals surface area contributed by atoms with Crippen LogP contribution < -0.4 is 44.8 Å². The topological polar surface area (TPSA) is 83.1 Å². The van der Waals surface area contributed by atoms with Crippen molar-refractivity contribution in [2.24, 2.45) is 0 Å². The fourth-order valence-corrected chi connectivity index (χ4v) is 7.20. The summed E-state index contributed by atoms with van der Waals surface area (Å²) < 4.78 is 55.6. The van der Waals surface area contributed by atoms with Crippen molar-refractivity contribution in [3.05, 3.63) is 89.5 Å². The first-order valence-electron chi connectivity index (χ1n) is 16.7. The monoisotopic (exact) mass is 684 g/mol. The zero-order valence-electron chi connectivity index (χ0n) is 30.3. The van der Waals surface area contributed by atoms with E-state index < -0.39 is 21.4 Å². The van der Waals surface area contributed by atoms with Crippen molar-refractivity contribution in [1.82, 2.24) is 0 Å². The van der Waals surface area contributed by atoms with Crippen molar-refractivity contribution in [2.75, 3.05) is 42.7 Å². The number of fused-ring (bicyclic) bond motifs is 3. The quantitative estimate of drug-likeness (QED) is 0.179. The maximum absolute atomic E-state index is 6.87. The Kier molecular flexibility index (Phi) is 9.41. The molecule has 0 saturated carbocycles. The lowest BCUT2D eigenvalue weighted by atomic mass is 9.59. The molecule has 0 aromatic heterocycles. The van der Waals surface area contributed by atoms with Crippen molar-refractivity contribution in [3.63, 3.8) is 0 Å². The van der Waals surface area contributed by atoms with Crippen LogP contribution in [0.25, 0.3) is 32.3 Å². The molecule has 258 valence electrons. The highest BCUT2D eigenvalue weighted by atomic mass is 16.7. The Morgan fingerprint density at radius 3 is 0.843 bits per heavy atom. The molecule has 51 heavy (non-hydrogen) atoms. The van der Waals surface area contributed by atoms with Gasteiger partial charge < -0.3 is 42.1 Å². The molecule has 1 aliphatic rings. The third kappa shape index (κ3) is 5.97. The standard InChI is InChI=1S/C39H39B3O9/c1-22-16-25-28(10-13-31(43-4)37(25)34(19-22)46-7)40-49-41(29-11-14-32(44-5)38-26(29)17-23(2)20-35(38)47-8)51-42(50-40)30-12-15-33(45-6)39-27(30)18-24(3)21-36(39)48-9/h10-21H,1-9H3. The van der Waals surface area contributed by atoms with Crippen LogP contribution in [-0.2, 0) is 13.7 Å². The molecule has 0 radical (unpaired) electrons. The SMILES string of the molecule is COc1ccc(B2OB(c3ccc(OC)c4c(OC)cc(C)cc34)OB(c3ccc(OC)c4c(OC)cc(C)cc34)O2)c2cc(C)cc(OC)c12. The lowest BCUT2D eigenvalue weighted by Crippen LogP contribution is -2.61. The first-order valence-corrected chi connectivity index (χ1v) is 16.7. The number of hydrogen-bond acceptors (Lipinski definition) is 9. The van der Waals surface area contributed by atoms with Gasteiger partial charge in [0.1, 0.15) is 34.5 Å². The molecule has 0 unspecified atom stereocenters. The number of benzene rings is 6. The van der Waals surface area contributed by atoms with Crippen LogP contribution in [0.4, 0.5) is 0 Å². The number of aryl methyl sites for hydroxylation is 3. The van der Waals surface area contributed by atoms with E-state index in [4.69, 9.17) is 42.1 Å². The Bertz CT molecular complexity index is 2030. The fraction of sp³-hybridized carbons (Fsp3) is 0.231. The summed E-state index contributed by atoms with van der Waals surface area (Å²) in [7, 11) is 7.30. The number of hydrogen-bond donors (Lipinski definition) is 0. The van der Waals surface area contributed by atoms with Crippen LogP contribution in [0.3, 0.4) is 0 Å². The molecular weight excluding hydrogens is 645 g/mol. The molecule has 6 aromatic rings. The van der Waals surface area contributed by atoms with Crippen LogP contribution in [0, 0.1) is 20.8 Å². The molecule has 6 aromatic carbocycles. The second-order valence-electron chi connectivity index (χ2n) is 12.6. The van der Waals surface area contributed by atoms with Crippen molar-refractivity contribution in [3.8, 4) is 34.5 Å². The predicted molar refractivity (Wildman–Crippen MR) is 205 cm³/mol. The van der Waals surface area contributed by atoms with E-state index in [1.54, 1.807) is 42.7 Å². The Morgan fingerprint density at radius 2 is 0.608 bits per heavy atom. The van der Waals surface area contributed by atoms with Crippen LogP contribution in [0.5, 0.6) is 34.5 Å². The second-order valence-corrected chi connectivity index (χ2v) is 12.6. The molecule has 0 spiro atoms. The van der Waals surface area contributed by atoms with Crippen LogP contribution in [0.2, 0.25) is 0 Å². The number of rotatable bonds is 9. The van der Waals surface area contributed by atoms with Crippen molar-refractivity contribution in [2.45, 2.75) is 20.8 Å². The minimum absolute atomic E-state index is 0.679. The van der Waals surface area contributed by atoms with Crippen molar-refractivity contribution >= 4 is 70.1 Å². The second kappa shape index (κ2) is 13.9. The highest BCUT2D eigenvalue weighted by molar-refractivity contribution is 6.89. The Balaban J connectivity index is 1.48. The zero-order chi connectivity index (χ0) is 36.0. The van der Waals surface area contributed by atoms with Crippen LogP contribution in [0.15, 0.2) is 72.8 Å². The Labute approximate surface area is 299 Å². The molecule has 0 amide bonds. The molecule has 1 fully saturated rings. The smallest absolute Gasteiger partial charge is 0.467 e. The first-order chi connectivity index (χ1) is 24.7. The van der Waals surface area contributed by atoms with Gasteiger partial charge in [-0.25, -0.2) is 0 Å². The highest BCUT2D eigenvalue weighted by Crippen LogP contribution is 2.38. The van der Waals surface area contributed by atoms with Crippen LogP contribution in [-0.4, -0.2) is 64.0 Å². The molecule has 0 bridgehead atoms. The molecular formula is C39H39B3O9. The third-order valence-corrected chi connectivity index (χ3v) is 9.48. The molecule has 0 N–H and O–H groups in total. The summed E-state index contributed by atoms with van der Waals surface area (Å²) >= 11 is 0. The van der Waals surface area contributed by atoms with Crippen LogP contribution in [0.1, 0.15) is 16.7 Å². The average molecular weight is 684 g/mol. The molecule has 0 aliphatic carbocycles. The Morgan fingerprint density at radius 1 is 0.353 bits per heavy atom. The Hall–Kier alpha value is -5.03. The van der Waals surface area contributed by atoms with Gasteiger partial charge >= 0.3 is 21.4 Å². The highest BCUT2D eigenvalue weighted by Gasteiger charge is 2.46. The van der Waals surface area contributed by atoms with Crippen molar-refractivity contribution < 1.29 is 42.1 Å². The number of methoxy groups -OCH3 is 6. The van der Waals surface area contributed by atoms with Crippen molar-refractivity contribution in [1.29, 1.82) is 0 Å². The first kappa shape index (κ1) is 34.4. The van der Waals surface area contributed by atoms with E-state index in [9.17, 15) is 0 Å². The summed E-state index contributed by atoms with van der Waals surface area (Å²) in [5, 5.41) is 5.10. The van der Waals surface area contributed by atoms with E-state index in [0.717, 1.165) is 65.4 Å². The fourth-order valence-electron chi connectivity index (χ4n) is 7.20. The van der Waals surface area contributed by atoms with E-state index in [1.165, 1.54) is 0 Å². The van der Waals surface area contributed by atoms with Gasteiger partial charge in [0.2, 0.25) is 0 Å². The lowest BCUT2D eigenvalue weighted by Gasteiger charge is -2.33. The summed E-state index contributed by atoms with van der Waals surface area (Å²) in [5.41, 5.74) is 5.43. The van der Waals surface area contributed by atoms with Crippen LogP contribution >= 0.6 is 0 Å². The maximum atomic E-state index is 6.87. The maximum Gasteiger partial charge on any atom is 0.467 e. The molecule has 7 rings (SSSR count). The number of ether oxygens (including phenoxy) is 6. The van der Waals surface area contributed by atoms with E-state index in [0.29, 0.717) is 34.5 Å². The van der Waals surface area contributed by atoms with Gasteiger partial charge in [-0.1, -0.05) is 36.4 Å². The van der Waals surface area contributed by atoms with E-state index in [2.05, 4.69) is 18.2 Å². The van der Waals surface area contributed by atoms with Gasteiger partial charge in [-0.15, -0.1) is 0 Å². The van der Waals surface area contributed by atoms with Gasteiger partial charge in [0, 0.05) is 0 Å². The summed E-state index contributed by atoms with van der Waals surface area (Å²) in [4.78, 5) is 0. The van der Waals surface area contributed by atoms with Gasteiger partial charge in [-0.3, -0.25) is 0 Å². The molecule has 1 saturated heterocycles. The minimum atomic E-state index is -0.874. The van der Waals surface area contributed by atoms with E-state index in [1.807, 2.05) is 75.4 Å². The summed E-state index contributed by atoms with van der Waals surface area (Å²) in [6, 6.07) is 23.9. The molecule has 9 nitrogen and oxygen atoms in total. The molecule has 1 heterocycles. The largest absolute Gasteiger partial charge is 0.496 e. The summed E-state index contributed by atoms with van der Waals surface area (Å²) in [6.45, 7) is 6.09. The molecule has 0 atom stereocenters. The minimum Gasteiger partial charge on any atom is -0.496 e. The lowest BCUT2D eigenvalue weighted by molar-refractivity contribution is 0.309.